The molecule has 126 valence electrons. The van der Waals surface area contributed by atoms with Gasteiger partial charge in [-0.05, 0) is 18.1 Å². The number of carbonyl (C=O) groups is 2. The van der Waals surface area contributed by atoms with Gasteiger partial charge in [-0.15, -0.1) is 0 Å². The summed E-state index contributed by atoms with van der Waals surface area (Å²) in [7, 11) is 0. The van der Waals surface area contributed by atoms with E-state index in [2.05, 4.69) is 4.74 Å². The Hall–Kier alpha value is -2.09. The summed E-state index contributed by atoms with van der Waals surface area (Å²) in [5.74, 6) is -1.97. The van der Waals surface area contributed by atoms with Gasteiger partial charge in [-0.2, -0.15) is 13.2 Å². The van der Waals surface area contributed by atoms with Crippen molar-refractivity contribution in [3.63, 3.8) is 0 Å². The lowest BCUT2D eigenvalue weighted by Crippen LogP contribution is -2.52. The topological polar surface area (TPSA) is 66.8 Å². The number of benzene rings is 1. The SMILES string of the molecule is C[C@@H](OCC(F)(F)F)C(=O)N1Cc2ccccc2C[C@H]1C(=O)O. The van der Waals surface area contributed by atoms with Crippen molar-refractivity contribution in [2.45, 2.75) is 38.2 Å². The number of hydrogen-bond acceptors (Lipinski definition) is 3. The number of alkyl halides is 3. The van der Waals surface area contributed by atoms with Gasteiger partial charge in [-0.3, -0.25) is 4.79 Å². The minimum Gasteiger partial charge on any atom is -0.480 e. The second kappa shape index (κ2) is 6.57. The molecule has 0 saturated carbocycles. The van der Waals surface area contributed by atoms with Crippen molar-refractivity contribution in [2.75, 3.05) is 6.61 Å². The van der Waals surface area contributed by atoms with Gasteiger partial charge in [-0.25, -0.2) is 4.79 Å². The quantitative estimate of drug-likeness (QED) is 0.916. The average molecular weight is 331 g/mol. The number of ether oxygens (including phenoxy) is 1. The zero-order chi connectivity index (χ0) is 17.2. The predicted molar refractivity (Wildman–Crippen MR) is 73.6 cm³/mol. The van der Waals surface area contributed by atoms with Gasteiger partial charge in [0.15, 0.2) is 0 Å². The Kier molecular flexibility index (Phi) is 4.93. The summed E-state index contributed by atoms with van der Waals surface area (Å²) in [5, 5.41) is 9.31. The Labute approximate surface area is 130 Å². The highest BCUT2D eigenvalue weighted by atomic mass is 19.4. The molecular weight excluding hydrogens is 315 g/mol. The van der Waals surface area contributed by atoms with Crippen LogP contribution in [0.15, 0.2) is 24.3 Å². The summed E-state index contributed by atoms with van der Waals surface area (Å²) in [6.45, 7) is -0.332. The zero-order valence-electron chi connectivity index (χ0n) is 12.3. The van der Waals surface area contributed by atoms with Crippen LogP contribution in [0.5, 0.6) is 0 Å². The first-order chi connectivity index (χ1) is 10.7. The number of nitrogens with zero attached hydrogens (tertiary/aromatic N) is 1. The number of carboxylic acids is 1. The molecule has 1 aromatic carbocycles. The highest BCUT2D eigenvalue weighted by molar-refractivity contribution is 5.87. The summed E-state index contributed by atoms with van der Waals surface area (Å²) in [4.78, 5) is 24.8. The average Bonchev–Trinajstić information content (AvgIpc) is 2.49. The summed E-state index contributed by atoms with van der Waals surface area (Å²) in [6, 6.07) is 5.94. The Morgan fingerprint density at radius 1 is 1.35 bits per heavy atom. The molecule has 2 rings (SSSR count). The number of rotatable bonds is 4. The second-order valence-corrected chi connectivity index (χ2v) is 5.36. The highest BCUT2D eigenvalue weighted by Crippen LogP contribution is 2.25. The molecule has 1 aromatic rings. The van der Waals surface area contributed by atoms with E-state index in [4.69, 9.17) is 0 Å². The van der Waals surface area contributed by atoms with Gasteiger partial charge >= 0.3 is 12.1 Å². The summed E-state index contributed by atoms with van der Waals surface area (Å²) in [5.41, 5.74) is 1.59. The maximum absolute atomic E-state index is 12.3. The molecule has 2 atom stereocenters. The number of carboxylic acid groups (broad SMARTS) is 1. The van der Waals surface area contributed by atoms with Gasteiger partial charge in [0.1, 0.15) is 18.8 Å². The Morgan fingerprint density at radius 3 is 2.52 bits per heavy atom. The standard InChI is InChI=1S/C15H16F3NO4/c1-9(23-8-15(16,17)18)13(20)19-7-11-5-3-2-4-10(11)6-12(19)14(21)22/h2-5,9,12H,6-8H2,1H3,(H,21,22)/t9-,12+/m1/s1. The van der Waals surface area contributed by atoms with Crippen LogP contribution in [0.25, 0.3) is 0 Å². The molecule has 0 unspecified atom stereocenters. The number of aliphatic carboxylic acids is 1. The molecule has 8 heteroatoms. The van der Waals surface area contributed by atoms with E-state index in [1.165, 1.54) is 6.92 Å². The fourth-order valence-corrected chi connectivity index (χ4v) is 2.50. The van der Waals surface area contributed by atoms with Crippen molar-refractivity contribution in [3.05, 3.63) is 35.4 Å². The van der Waals surface area contributed by atoms with Crippen LogP contribution in [0.4, 0.5) is 13.2 Å². The summed E-state index contributed by atoms with van der Waals surface area (Å²) in [6.07, 6.45) is -5.80. The Morgan fingerprint density at radius 2 is 1.96 bits per heavy atom. The van der Waals surface area contributed by atoms with Crippen LogP contribution in [0, 0.1) is 0 Å². The van der Waals surface area contributed by atoms with E-state index < -0.39 is 36.8 Å². The first-order valence-electron chi connectivity index (χ1n) is 6.97. The molecule has 0 fully saturated rings. The molecule has 1 heterocycles. The first kappa shape index (κ1) is 17.3. The second-order valence-electron chi connectivity index (χ2n) is 5.36. The lowest BCUT2D eigenvalue weighted by atomic mass is 9.93. The molecule has 0 spiro atoms. The Balaban J connectivity index is 2.15. The van der Waals surface area contributed by atoms with Crippen LogP contribution in [-0.4, -0.2) is 46.8 Å². The van der Waals surface area contributed by atoms with Crippen molar-refractivity contribution < 1.29 is 32.6 Å². The van der Waals surface area contributed by atoms with Crippen molar-refractivity contribution in [2.24, 2.45) is 0 Å². The third-order valence-corrected chi connectivity index (χ3v) is 3.66. The van der Waals surface area contributed by atoms with Gasteiger partial charge in [0.25, 0.3) is 5.91 Å². The fraction of sp³-hybridized carbons (Fsp3) is 0.467. The monoisotopic (exact) mass is 331 g/mol. The van der Waals surface area contributed by atoms with Crippen LogP contribution in [0.1, 0.15) is 18.1 Å². The summed E-state index contributed by atoms with van der Waals surface area (Å²) < 4.78 is 41.1. The van der Waals surface area contributed by atoms with Gasteiger partial charge in [0.2, 0.25) is 0 Å². The van der Waals surface area contributed by atoms with Gasteiger partial charge in [0, 0.05) is 13.0 Å². The van der Waals surface area contributed by atoms with E-state index in [0.29, 0.717) is 0 Å². The van der Waals surface area contributed by atoms with Crippen LogP contribution in [0.3, 0.4) is 0 Å². The van der Waals surface area contributed by atoms with Gasteiger partial charge in [-0.1, -0.05) is 24.3 Å². The van der Waals surface area contributed by atoms with E-state index in [-0.39, 0.29) is 13.0 Å². The van der Waals surface area contributed by atoms with Crippen LogP contribution >= 0.6 is 0 Å². The molecule has 1 amide bonds. The lowest BCUT2D eigenvalue weighted by Gasteiger charge is -2.35. The van der Waals surface area contributed by atoms with Crippen molar-refractivity contribution in [3.8, 4) is 0 Å². The lowest BCUT2D eigenvalue weighted by molar-refractivity contribution is -0.190. The summed E-state index contributed by atoms with van der Waals surface area (Å²) >= 11 is 0. The molecular formula is C15H16F3NO4. The number of amides is 1. The van der Waals surface area contributed by atoms with Gasteiger partial charge < -0.3 is 14.7 Å². The van der Waals surface area contributed by atoms with Crippen molar-refractivity contribution >= 4 is 11.9 Å². The molecule has 1 aliphatic heterocycles. The molecule has 1 aliphatic rings. The number of carbonyl (C=O) groups excluding carboxylic acids is 1. The molecule has 0 radical (unpaired) electrons. The minimum absolute atomic E-state index is 0.0334. The van der Waals surface area contributed by atoms with Gasteiger partial charge in [0.05, 0.1) is 0 Å². The van der Waals surface area contributed by atoms with E-state index in [1.54, 1.807) is 24.3 Å². The maximum atomic E-state index is 12.3. The smallest absolute Gasteiger partial charge is 0.411 e. The Bertz CT molecular complexity index is 603. The molecule has 0 bridgehead atoms. The molecule has 23 heavy (non-hydrogen) atoms. The third-order valence-electron chi connectivity index (χ3n) is 3.66. The van der Waals surface area contributed by atoms with E-state index in [1.807, 2.05) is 0 Å². The van der Waals surface area contributed by atoms with E-state index in [9.17, 15) is 27.9 Å². The number of hydrogen-bond donors (Lipinski definition) is 1. The van der Waals surface area contributed by atoms with E-state index in [0.717, 1.165) is 16.0 Å². The molecule has 5 nitrogen and oxygen atoms in total. The maximum Gasteiger partial charge on any atom is 0.411 e. The largest absolute Gasteiger partial charge is 0.480 e. The van der Waals surface area contributed by atoms with Crippen LogP contribution < -0.4 is 0 Å². The minimum atomic E-state index is -4.55. The molecule has 0 saturated heterocycles. The normalized spacial score (nSPS) is 19.1. The number of halogens is 3. The van der Waals surface area contributed by atoms with Crippen LogP contribution in [-0.2, 0) is 27.3 Å². The van der Waals surface area contributed by atoms with E-state index >= 15 is 0 Å². The molecule has 0 aliphatic carbocycles. The fourth-order valence-electron chi connectivity index (χ4n) is 2.50. The first-order valence-corrected chi connectivity index (χ1v) is 6.97. The van der Waals surface area contributed by atoms with Crippen LogP contribution in [0.2, 0.25) is 0 Å². The third kappa shape index (κ3) is 4.22. The van der Waals surface area contributed by atoms with Crippen molar-refractivity contribution in [1.82, 2.24) is 4.90 Å². The zero-order valence-corrected chi connectivity index (χ0v) is 12.3. The highest BCUT2D eigenvalue weighted by Gasteiger charge is 2.37. The number of fused-ring (bicyclic) bond motifs is 1. The molecule has 0 aromatic heterocycles. The van der Waals surface area contributed by atoms with Crippen molar-refractivity contribution in [1.29, 1.82) is 0 Å². The molecule has 1 N–H and O–H groups in total. The predicted octanol–water partition coefficient (Wildman–Crippen LogP) is 1.99.